The lowest BCUT2D eigenvalue weighted by Gasteiger charge is -2.34. The van der Waals surface area contributed by atoms with E-state index in [9.17, 15) is 18.0 Å². The molecule has 172 valence electrons. The molecule has 2 unspecified atom stereocenters. The van der Waals surface area contributed by atoms with Crippen molar-refractivity contribution in [3.05, 3.63) is 53.2 Å². The fourth-order valence-electron chi connectivity index (χ4n) is 4.44. The highest BCUT2D eigenvalue weighted by Gasteiger charge is 2.41. The van der Waals surface area contributed by atoms with Gasteiger partial charge in [-0.15, -0.1) is 0 Å². The van der Waals surface area contributed by atoms with Crippen LogP contribution in [0.25, 0.3) is 0 Å². The number of allylic oxidation sites excluding steroid dienone is 2. The summed E-state index contributed by atoms with van der Waals surface area (Å²) in [5.74, 6) is -0.616. The Morgan fingerprint density at radius 3 is 2.53 bits per heavy atom. The summed E-state index contributed by atoms with van der Waals surface area (Å²) in [7, 11) is 0. The highest BCUT2D eigenvalue weighted by Crippen LogP contribution is 2.35. The minimum Gasteiger partial charge on any atom is -0.372 e. The van der Waals surface area contributed by atoms with E-state index in [-0.39, 0.29) is 24.8 Å². The zero-order valence-corrected chi connectivity index (χ0v) is 18.5. The second-order valence-corrected chi connectivity index (χ2v) is 8.78. The average Bonchev–Trinajstić information content (AvgIpc) is 3.15. The van der Waals surface area contributed by atoms with Crippen molar-refractivity contribution in [2.45, 2.75) is 51.0 Å². The Morgan fingerprint density at radius 1 is 1.22 bits per heavy atom. The van der Waals surface area contributed by atoms with Gasteiger partial charge in [0.15, 0.2) is 0 Å². The van der Waals surface area contributed by atoms with Crippen LogP contribution in [0.3, 0.4) is 0 Å². The van der Waals surface area contributed by atoms with Crippen LogP contribution in [0.15, 0.2) is 52.6 Å². The van der Waals surface area contributed by atoms with Gasteiger partial charge >= 0.3 is 6.18 Å². The molecule has 32 heavy (non-hydrogen) atoms. The number of nitrogens with zero attached hydrogens (tertiary/aromatic N) is 3. The summed E-state index contributed by atoms with van der Waals surface area (Å²) < 4.78 is 38.6. The van der Waals surface area contributed by atoms with Gasteiger partial charge in [0.2, 0.25) is 5.91 Å². The number of aliphatic imine (C=N–C) groups is 1. The minimum absolute atomic E-state index is 0.107. The van der Waals surface area contributed by atoms with Gasteiger partial charge in [0, 0.05) is 36.6 Å². The monoisotopic (exact) mass is 466 g/mol. The first kappa shape index (κ1) is 22.7. The molecule has 5 nitrogen and oxygen atoms in total. The lowest BCUT2D eigenvalue weighted by Crippen LogP contribution is -2.48. The van der Waals surface area contributed by atoms with Crippen LogP contribution in [-0.2, 0) is 11.3 Å². The van der Waals surface area contributed by atoms with Gasteiger partial charge in [0.25, 0.3) is 0 Å². The van der Waals surface area contributed by atoms with Gasteiger partial charge in [-0.05, 0) is 49.1 Å². The van der Waals surface area contributed by atoms with Gasteiger partial charge in [0.1, 0.15) is 11.9 Å². The van der Waals surface area contributed by atoms with Crippen molar-refractivity contribution < 1.29 is 18.0 Å². The number of amides is 1. The van der Waals surface area contributed by atoms with Crippen molar-refractivity contribution in [1.29, 1.82) is 0 Å². The molecule has 0 spiro atoms. The predicted octanol–water partition coefficient (Wildman–Crippen LogP) is 4.59. The number of fused-ring (bicyclic) bond motifs is 1. The van der Waals surface area contributed by atoms with Crippen LogP contribution in [0, 0.1) is 5.92 Å². The van der Waals surface area contributed by atoms with Crippen LogP contribution >= 0.6 is 11.6 Å². The van der Waals surface area contributed by atoms with Crippen LogP contribution in [0.5, 0.6) is 0 Å². The van der Waals surface area contributed by atoms with Crippen molar-refractivity contribution in [3.8, 4) is 0 Å². The third-order valence-electron chi connectivity index (χ3n) is 6.30. The predicted molar refractivity (Wildman–Crippen MR) is 119 cm³/mol. The van der Waals surface area contributed by atoms with Crippen LogP contribution in [0.1, 0.15) is 31.7 Å². The summed E-state index contributed by atoms with van der Waals surface area (Å²) in [6.45, 7) is 3.15. The standard InChI is InChI=1S/C23H26ClF3N4O/c1-2-19-21(31-12-9-17(24)13-20(31)29-19)22(32)28-14-15-3-5-18(6-4-15)30-10-7-16(8-11-30)23(25,26)27/h3-6,9,12-13,16,19,21H,2,7-8,10-11,14H2,1H3,(H,28,32). The number of benzene rings is 1. The third kappa shape index (κ3) is 4.80. The molecule has 0 aromatic heterocycles. The smallest absolute Gasteiger partial charge is 0.372 e. The first-order chi connectivity index (χ1) is 15.3. The summed E-state index contributed by atoms with van der Waals surface area (Å²) in [4.78, 5) is 21.4. The molecular weight excluding hydrogens is 441 g/mol. The molecule has 3 aliphatic heterocycles. The second-order valence-electron chi connectivity index (χ2n) is 8.35. The maximum Gasteiger partial charge on any atom is 0.391 e. The first-order valence-corrected chi connectivity index (χ1v) is 11.2. The SMILES string of the molecule is CCC1N=C2C=C(Cl)C=CN2C1C(=O)NCc1ccc(N2CCC(C(F)(F)F)CC2)cc1. The summed E-state index contributed by atoms with van der Waals surface area (Å²) in [5, 5.41) is 3.57. The third-order valence-corrected chi connectivity index (χ3v) is 6.54. The van der Waals surface area contributed by atoms with Gasteiger partial charge in [-0.1, -0.05) is 30.7 Å². The molecule has 9 heteroatoms. The van der Waals surface area contributed by atoms with E-state index in [1.54, 1.807) is 18.4 Å². The Kier molecular flexibility index (Phi) is 6.51. The molecular formula is C23H26ClF3N4O. The summed E-state index contributed by atoms with van der Waals surface area (Å²) >= 11 is 6.05. The lowest BCUT2D eigenvalue weighted by molar-refractivity contribution is -0.179. The van der Waals surface area contributed by atoms with Crippen LogP contribution in [0.2, 0.25) is 0 Å². The van der Waals surface area contributed by atoms with E-state index in [4.69, 9.17) is 11.6 Å². The molecule has 0 radical (unpaired) electrons. The minimum atomic E-state index is -4.11. The van der Waals surface area contributed by atoms with Crippen molar-refractivity contribution in [2.24, 2.45) is 10.9 Å². The fraction of sp³-hybridized carbons (Fsp3) is 0.478. The van der Waals surface area contributed by atoms with Gasteiger partial charge in [0.05, 0.1) is 12.0 Å². The number of rotatable bonds is 5. The lowest BCUT2D eigenvalue weighted by atomic mass is 9.96. The Labute approximate surface area is 190 Å². The normalized spacial score (nSPS) is 23.7. The molecule has 4 rings (SSSR count). The Bertz CT molecular complexity index is 934. The molecule has 2 atom stereocenters. The molecule has 3 aliphatic rings. The van der Waals surface area contributed by atoms with E-state index in [0.29, 0.717) is 30.5 Å². The van der Waals surface area contributed by atoms with Gasteiger partial charge < -0.3 is 15.1 Å². The maximum atomic E-state index is 12.9. The second kappa shape index (κ2) is 9.17. The number of nitrogens with one attached hydrogen (secondary N) is 1. The number of carbonyl (C=O) groups excluding carboxylic acids is 1. The zero-order valence-electron chi connectivity index (χ0n) is 17.8. The average molecular weight is 467 g/mol. The van der Waals surface area contributed by atoms with Crippen molar-refractivity contribution in [1.82, 2.24) is 10.2 Å². The zero-order chi connectivity index (χ0) is 22.9. The number of hydrogen-bond donors (Lipinski definition) is 1. The number of anilines is 1. The largest absolute Gasteiger partial charge is 0.391 e. The molecule has 0 saturated carbocycles. The maximum absolute atomic E-state index is 12.9. The van der Waals surface area contributed by atoms with E-state index < -0.39 is 18.1 Å². The quantitative estimate of drug-likeness (QED) is 0.690. The van der Waals surface area contributed by atoms with Crippen LogP contribution in [0.4, 0.5) is 18.9 Å². The van der Waals surface area contributed by atoms with E-state index in [0.717, 1.165) is 17.7 Å². The number of amidine groups is 1. The Morgan fingerprint density at radius 2 is 1.91 bits per heavy atom. The summed E-state index contributed by atoms with van der Waals surface area (Å²) in [6, 6.07) is 7.06. The van der Waals surface area contributed by atoms with E-state index in [1.165, 1.54) is 0 Å². The van der Waals surface area contributed by atoms with Gasteiger partial charge in [-0.3, -0.25) is 9.79 Å². The topological polar surface area (TPSA) is 47.9 Å². The fourth-order valence-corrected chi connectivity index (χ4v) is 4.59. The molecule has 0 bridgehead atoms. The van der Waals surface area contributed by atoms with Crippen molar-refractivity contribution in [3.63, 3.8) is 0 Å². The number of halogens is 4. The molecule has 1 N–H and O–H groups in total. The Balaban J connectivity index is 1.32. The molecule has 1 saturated heterocycles. The molecule has 0 aliphatic carbocycles. The van der Waals surface area contributed by atoms with Crippen molar-refractivity contribution >= 4 is 29.0 Å². The molecule has 1 aromatic rings. The van der Waals surface area contributed by atoms with Crippen LogP contribution < -0.4 is 10.2 Å². The van der Waals surface area contributed by atoms with E-state index in [2.05, 4.69) is 10.3 Å². The van der Waals surface area contributed by atoms with Gasteiger partial charge in [-0.2, -0.15) is 13.2 Å². The number of hydrogen-bond acceptors (Lipinski definition) is 4. The van der Waals surface area contributed by atoms with Crippen LogP contribution in [-0.4, -0.2) is 48.0 Å². The molecule has 1 fully saturated rings. The first-order valence-electron chi connectivity index (χ1n) is 10.9. The number of carbonyl (C=O) groups is 1. The molecule has 1 aromatic carbocycles. The van der Waals surface area contributed by atoms with Gasteiger partial charge in [-0.25, -0.2) is 0 Å². The molecule has 3 heterocycles. The number of piperidine rings is 1. The summed E-state index contributed by atoms with van der Waals surface area (Å²) in [6.07, 6.45) is 2.16. The van der Waals surface area contributed by atoms with E-state index in [1.807, 2.05) is 41.0 Å². The van der Waals surface area contributed by atoms with E-state index >= 15 is 0 Å². The highest BCUT2D eigenvalue weighted by molar-refractivity contribution is 6.33. The summed E-state index contributed by atoms with van der Waals surface area (Å²) in [5.41, 5.74) is 1.83. The van der Waals surface area contributed by atoms with Crippen molar-refractivity contribution in [2.75, 3.05) is 18.0 Å². The molecule has 1 amide bonds. The number of alkyl halides is 3. The highest BCUT2D eigenvalue weighted by atomic mass is 35.5. The Hall–Kier alpha value is -2.48.